The molecule has 1 fully saturated rings. The lowest BCUT2D eigenvalue weighted by Crippen LogP contribution is -2.40. The number of hydrogen-bond donors (Lipinski definition) is 1. The van der Waals surface area contributed by atoms with Gasteiger partial charge in [-0.05, 0) is 19.4 Å². The number of nitrogens with one attached hydrogen (secondary N) is 1. The van der Waals surface area contributed by atoms with E-state index < -0.39 is 0 Å². The van der Waals surface area contributed by atoms with Crippen LogP contribution < -0.4 is 5.43 Å². The molecular weight excluding hydrogens is 212 g/mol. The summed E-state index contributed by atoms with van der Waals surface area (Å²) < 4.78 is 5.91. The zero-order valence-corrected chi connectivity index (χ0v) is 10.3. The second-order valence-electron chi connectivity index (χ2n) is 5.47. The van der Waals surface area contributed by atoms with Gasteiger partial charge in [-0.2, -0.15) is 5.10 Å². The van der Waals surface area contributed by atoms with Gasteiger partial charge in [0.15, 0.2) is 0 Å². The largest absolute Gasteiger partial charge is 0.374 e. The maximum Gasteiger partial charge on any atom is 0.0792 e. The third-order valence-electron chi connectivity index (χ3n) is 3.60. The molecule has 0 spiro atoms. The second kappa shape index (κ2) is 3.84. The second-order valence-corrected chi connectivity index (χ2v) is 5.47. The van der Waals surface area contributed by atoms with Crippen molar-refractivity contribution in [3.63, 3.8) is 0 Å². The van der Waals surface area contributed by atoms with Crippen molar-refractivity contribution in [2.75, 3.05) is 6.61 Å². The Bertz CT molecular complexity index is 439. The highest BCUT2D eigenvalue weighted by Gasteiger charge is 2.40. The highest BCUT2D eigenvalue weighted by molar-refractivity contribution is 5.90. The summed E-state index contributed by atoms with van der Waals surface area (Å²) in [6.07, 6.45) is 0.925. The summed E-state index contributed by atoms with van der Waals surface area (Å²) in [5, 5.41) is 4.50. The Balaban J connectivity index is 1.82. The molecule has 2 aliphatic heterocycles. The average Bonchev–Trinajstić information content (AvgIpc) is 2.71. The van der Waals surface area contributed by atoms with E-state index in [0.717, 1.165) is 13.0 Å². The maximum atomic E-state index is 5.91. The lowest BCUT2D eigenvalue weighted by atomic mass is 9.84. The van der Waals surface area contributed by atoms with Crippen molar-refractivity contribution in [3.8, 4) is 0 Å². The van der Waals surface area contributed by atoms with Crippen LogP contribution in [0.15, 0.2) is 35.4 Å². The van der Waals surface area contributed by atoms with Crippen LogP contribution in [0.1, 0.15) is 31.9 Å². The molecule has 3 nitrogen and oxygen atoms in total. The molecule has 0 aromatic heterocycles. The quantitative estimate of drug-likeness (QED) is 0.804. The summed E-state index contributed by atoms with van der Waals surface area (Å²) in [5.74, 6) is 0.394. The minimum atomic E-state index is -0.0669. The summed E-state index contributed by atoms with van der Waals surface area (Å²) in [5.41, 5.74) is 5.74. The van der Waals surface area contributed by atoms with Gasteiger partial charge in [0.05, 0.1) is 18.2 Å². The lowest BCUT2D eigenvalue weighted by Gasteiger charge is -2.35. The van der Waals surface area contributed by atoms with E-state index in [0.29, 0.717) is 5.92 Å². The summed E-state index contributed by atoms with van der Waals surface area (Å²) in [7, 11) is 0. The van der Waals surface area contributed by atoms with Crippen LogP contribution in [0.5, 0.6) is 0 Å². The van der Waals surface area contributed by atoms with Crippen LogP contribution in [0.4, 0.5) is 0 Å². The molecule has 2 aliphatic rings. The van der Waals surface area contributed by atoms with Gasteiger partial charge >= 0.3 is 0 Å². The van der Waals surface area contributed by atoms with Gasteiger partial charge in [0.25, 0.3) is 0 Å². The van der Waals surface area contributed by atoms with Gasteiger partial charge in [0, 0.05) is 18.1 Å². The topological polar surface area (TPSA) is 33.6 Å². The first kappa shape index (κ1) is 10.8. The number of fused-ring (bicyclic) bond motifs is 1. The zero-order valence-electron chi connectivity index (χ0n) is 10.3. The molecule has 0 unspecified atom stereocenters. The number of ether oxygens (including phenoxy) is 1. The van der Waals surface area contributed by atoms with Gasteiger partial charge in [0.1, 0.15) is 0 Å². The molecule has 0 radical (unpaired) electrons. The predicted octanol–water partition coefficient (Wildman–Crippen LogP) is 2.50. The fourth-order valence-corrected chi connectivity index (χ4v) is 2.65. The van der Waals surface area contributed by atoms with Crippen LogP contribution in [0.3, 0.4) is 0 Å². The first-order valence-electron chi connectivity index (χ1n) is 6.17. The van der Waals surface area contributed by atoms with Crippen LogP contribution in [-0.2, 0) is 4.74 Å². The Hall–Kier alpha value is -1.35. The number of hydrazone groups is 1. The van der Waals surface area contributed by atoms with Gasteiger partial charge in [-0.1, -0.05) is 30.3 Å². The van der Waals surface area contributed by atoms with Crippen LogP contribution in [0.25, 0.3) is 0 Å². The number of nitrogens with zero attached hydrogens (tertiary/aromatic N) is 1. The summed E-state index contributed by atoms with van der Waals surface area (Å²) in [4.78, 5) is 0. The third kappa shape index (κ3) is 1.95. The molecule has 1 N–H and O–H groups in total. The van der Waals surface area contributed by atoms with Gasteiger partial charge in [0.2, 0.25) is 0 Å². The summed E-state index contributed by atoms with van der Waals surface area (Å²) in [6, 6.07) is 10.8. The molecule has 3 rings (SSSR count). The Morgan fingerprint density at radius 1 is 1.29 bits per heavy atom. The van der Waals surface area contributed by atoms with Crippen molar-refractivity contribution in [1.82, 2.24) is 5.43 Å². The van der Waals surface area contributed by atoms with Gasteiger partial charge in [-0.3, -0.25) is 0 Å². The molecule has 1 saturated heterocycles. The molecule has 2 atom stereocenters. The van der Waals surface area contributed by atoms with E-state index in [4.69, 9.17) is 4.74 Å². The van der Waals surface area contributed by atoms with Crippen molar-refractivity contribution in [1.29, 1.82) is 0 Å². The van der Waals surface area contributed by atoms with Crippen molar-refractivity contribution >= 4 is 5.71 Å². The summed E-state index contributed by atoms with van der Waals surface area (Å²) >= 11 is 0. The molecule has 0 saturated carbocycles. The monoisotopic (exact) mass is 230 g/mol. The minimum Gasteiger partial charge on any atom is -0.374 e. The first-order chi connectivity index (χ1) is 8.16. The predicted molar refractivity (Wildman–Crippen MR) is 67.9 cm³/mol. The van der Waals surface area contributed by atoms with E-state index in [1.165, 1.54) is 11.3 Å². The van der Waals surface area contributed by atoms with Crippen LogP contribution in [-0.4, -0.2) is 17.9 Å². The fraction of sp³-hybridized carbons (Fsp3) is 0.500. The lowest BCUT2D eigenvalue weighted by molar-refractivity contribution is -0.0389. The fourth-order valence-electron chi connectivity index (χ4n) is 2.65. The SMILES string of the molecule is CC1(C)CC2=NN[C@H](c3ccccc3)[C@H]2CO1. The molecule has 0 aliphatic carbocycles. The van der Waals surface area contributed by atoms with E-state index in [2.05, 4.69) is 48.6 Å². The normalized spacial score (nSPS) is 30.4. The molecular formula is C14H18N2O. The minimum absolute atomic E-state index is 0.0669. The van der Waals surface area contributed by atoms with Gasteiger partial charge < -0.3 is 10.2 Å². The molecule has 90 valence electrons. The van der Waals surface area contributed by atoms with Gasteiger partial charge in [-0.25, -0.2) is 0 Å². The van der Waals surface area contributed by atoms with E-state index in [1.54, 1.807) is 0 Å². The van der Waals surface area contributed by atoms with Crippen LogP contribution >= 0.6 is 0 Å². The highest BCUT2D eigenvalue weighted by Crippen LogP contribution is 2.36. The van der Waals surface area contributed by atoms with Crippen LogP contribution in [0.2, 0.25) is 0 Å². The van der Waals surface area contributed by atoms with Crippen molar-refractivity contribution in [3.05, 3.63) is 35.9 Å². The maximum absolute atomic E-state index is 5.91. The highest BCUT2D eigenvalue weighted by atomic mass is 16.5. The molecule has 3 heteroatoms. The Kier molecular flexibility index (Phi) is 2.44. The number of rotatable bonds is 1. The first-order valence-corrected chi connectivity index (χ1v) is 6.17. The van der Waals surface area contributed by atoms with Crippen molar-refractivity contribution in [2.45, 2.75) is 31.9 Å². The van der Waals surface area contributed by atoms with E-state index >= 15 is 0 Å². The Morgan fingerprint density at radius 2 is 2.06 bits per heavy atom. The number of hydrogen-bond acceptors (Lipinski definition) is 3. The smallest absolute Gasteiger partial charge is 0.0792 e. The van der Waals surface area contributed by atoms with E-state index in [-0.39, 0.29) is 11.6 Å². The van der Waals surface area contributed by atoms with Crippen LogP contribution in [0, 0.1) is 5.92 Å². The standard InChI is InChI=1S/C14H18N2O/c1-14(2)8-12-11(9-17-14)13(16-15-12)10-6-4-3-5-7-10/h3-7,11,13,16H,8-9H2,1-2H3/t11-,13+/m0/s1. The summed E-state index contributed by atoms with van der Waals surface area (Å²) in [6.45, 7) is 5.02. The molecule has 1 aromatic carbocycles. The molecule has 0 amide bonds. The molecule has 0 bridgehead atoms. The van der Waals surface area contributed by atoms with Gasteiger partial charge in [-0.15, -0.1) is 0 Å². The molecule has 2 heterocycles. The molecule has 17 heavy (non-hydrogen) atoms. The van der Waals surface area contributed by atoms with Crippen molar-refractivity contribution in [2.24, 2.45) is 11.0 Å². The molecule has 1 aromatic rings. The average molecular weight is 230 g/mol. The zero-order chi connectivity index (χ0) is 11.9. The Morgan fingerprint density at radius 3 is 2.82 bits per heavy atom. The third-order valence-corrected chi connectivity index (χ3v) is 3.60. The van der Waals surface area contributed by atoms with E-state index in [9.17, 15) is 0 Å². The Labute approximate surface area is 102 Å². The van der Waals surface area contributed by atoms with E-state index in [1.807, 2.05) is 6.07 Å². The number of benzene rings is 1. The van der Waals surface area contributed by atoms with Crippen molar-refractivity contribution < 1.29 is 4.74 Å².